The Hall–Kier alpha value is -0.860. The molecule has 3 atom stereocenters. The summed E-state index contributed by atoms with van der Waals surface area (Å²) in [5, 5.41) is 0. The second-order valence-electron chi connectivity index (χ2n) is 4.38. The van der Waals surface area contributed by atoms with Crippen molar-refractivity contribution in [2.75, 3.05) is 6.61 Å². The first-order valence-corrected chi connectivity index (χ1v) is 5.78. The first-order valence-electron chi connectivity index (χ1n) is 5.78. The van der Waals surface area contributed by atoms with Crippen LogP contribution < -0.4 is 0 Å². The molecule has 0 bridgehead atoms. The van der Waals surface area contributed by atoms with E-state index in [-0.39, 0.29) is 29.5 Å². The lowest BCUT2D eigenvalue weighted by molar-refractivity contribution is -0.153. The molecule has 0 aromatic carbocycles. The van der Waals surface area contributed by atoms with Crippen molar-refractivity contribution in [3.63, 3.8) is 0 Å². The lowest BCUT2D eigenvalue weighted by Crippen LogP contribution is -2.35. The molecule has 1 fully saturated rings. The summed E-state index contributed by atoms with van der Waals surface area (Å²) in [6, 6.07) is 0. The van der Waals surface area contributed by atoms with E-state index in [1.807, 2.05) is 6.92 Å². The number of carbonyl (C=O) groups is 2. The number of Topliss-reactive ketones (excluding diaryl/α,β-unsaturated/α-hetero) is 1. The van der Waals surface area contributed by atoms with Crippen LogP contribution >= 0.6 is 0 Å². The molecule has 0 N–H and O–H groups in total. The summed E-state index contributed by atoms with van der Waals surface area (Å²) in [6.45, 7) is 5.93. The third-order valence-electron chi connectivity index (χ3n) is 3.27. The third kappa shape index (κ3) is 2.80. The molecule has 0 aromatic rings. The van der Waals surface area contributed by atoms with E-state index < -0.39 is 0 Å². The Morgan fingerprint density at radius 3 is 2.80 bits per heavy atom. The van der Waals surface area contributed by atoms with Gasteiger partial charge in [0.15, 0.2) is 0 Å². The zero-order chi connectivity index (χ0) is 11.4. The summed E-state index contributed by atoms with van der Waals surface area (Å²) in [6.07, 6.45) is 2.84. The Morgan fingerprint density at radius 2 is 2.20 bits per heavy atom. The smallest absolute Gasteiger partial charge is 0.309 e. The van der Waals surface area contributed by atoms with Gasteiger partial charge in [0.25, 0.3) is 0 Å². The molecule has 0 saturated heterocycles. The maximum absolute atomic E-state index is 11.9. The van der Waals surface area contributed by atoms with Gasteiger partial charge in [-0.3, -0.25) is 9.59 Å². The molecule has 1 aliphatic rings. The van der Waals surface area contributed by atoms with Crippen LogP contribution in [-0.4, -0.2) is 18.4 Å². The molecule has 3 heteroatoms. The predicted molar refractivity (Wildman–Crippen MR) is 57.3 cm³/mol. The molecule has 1 rings (SSSR count). The lowest BCUT2D eigenvalue weighted by atomic mass is 9.75. The Balaban J connectivity index is 2.61. The number of hydrogen-bond donors (Lipinski definition) is 0. The number of hydrogen-bond acceptors (Lipinski definition) is 3. The number of carbonyl (C=O) groups excluding carboxylic acids is 2. The van der Waals surface area contributed by atoms with Gasteiger partial charge < -0.3 is 4.74 Å². The number of esters is 1. The van der Waals surface area contributed by atoms with E-state index in [9.17, 15) is 9.59 Å². The highest BCUT2D eigenvalue weighted by atomic mass is 16.5. The van der Waals surface area contributed by atoms with Gasteiger partial charge in [-0.1, -0.05) is 20.3 Å². The zero-order valence-electron chi connectivity index (χ0n) is 9.79. The van der Waals surface area contributed by atoms with E-state index in [2.05, 4.69) is 0 Å². The van der Waals surface area contributed by atoms with Crippen molar-refractivity contribution in [1.29, 1.82) is 0 Å². The van der Waals surface area contributed by atoms with E-state index in [1.54, 1.807) is 13.8 Å². The van der Waals surface area contributed by atoms with Crippen molar-refractivity contribution in [2.24, 2.45) is 17.8 Å². The fraction of sp³-hybridized carbons (Fsp3) is 0.833. The Morgan fingerprint density at radius 1 is 1.53 bits per heavy atom. The first-order chi connectivity index (χ1) is 7.07. The van der Waals surface area contributed by atoms with E-state index >= 15 is 0 Å². The van der Waals surface area contributed by atoms with Crippen LogP contribution in [0.3, 0.4) is 0 Å². The van der Waals surface area contributed by atoms with Gasteiger partial charge >= 0.3 is 5.97 Å². The van der Waals surface area contributed by atoms with Crippen molar-refractivity contribution in [3.05, 3.63) is 0 Å². The molecule has 0 amide bonds. The molecule has 1 aliphatic carbocycles. The van der Waals surface area contributed by atoms with Crippen LogP contribution in [-0.2, 0) is 14.3 Å². The molecule has 0 aromatic heterocycles. The Kier molecular flexibility index (Phi) is 4.30. The third-order valence-corrected chi connectivity index (χ3v) is 3.27. The standard InChI is InChI=1S/C12H20O3/c1-4-15-12(14)9(3)10-7-5-6-8(2)11(10)13/h8-10H,4-7H2,1-3H3. The van der Waals surface area contributed by atoms with Crippen LogP contribution in [0.25, 0.3) is 0 Å². The van der Waals surface area contributed by atoms with Crippen molar-refractivity contribution in [2.45, 2.75) is 40.0 Å². The highest BCUT2D eigenvalue weighted by molar-refractivity contribution is 5.88. The van der Waals surface area contributed by atoms with Crippen LogP contribution in [0.5, 0.6) is 0 Å². The van der Waals surface area contributed by atoms with Gasteiger partial charge in [-0.05, 0) is 19.8 Å². The van der Waals surface area contributed by atoms with Crippen LogP contribution in [0.4, 0.5) is 0 Å². The van der Waals surface area contributed by atoms with Crippen LogP contribution in [0, 0.1) is 17.8 Å². The van der Waals surface area contributed by atoms with Crippen molar-refractivity contribution >= 4 is 11.8 Å². The summed E-state index contributed by atoms with van der Waals surface area (Å²) < 4.78 is 4.95. The van der Waals surface area contributed by atoms with E-state index in [1.165, 1.54) is 0 Å². The predicted octanol–water partition coefficient (Wildman–Crippen LogP) is 2.19. The van der Waals surface area contributed by atoms with Crippen LogP contribution in [0.15, 0.2) is 0 Å². The van der Waals surface area contributed by atoms with E-state index in [0.717, 1.165) is 19.3 Å². The lowest BCUT2D eigenvalue weighted by Gasteiger charge is -2.28. The molecule has 0 spiro atoms. The number of rotatable bonds is 3. The Labute approximate surface area is 91.2 Å². The fourth-order valence-corrected chi connectivity index (χ4v) is 2.23. The molecule has 0 radical (unpaired) electrons. The van der Waals surface area contributed by atoms with Crippen molar-refractivity contribution in [3.8, 4) is 0 Å². The molecule has 0 aliphatic heterocycles. The number of ether oxygens (including phenoxy) is 1. The monoisotopic (exact) mass is 212 g/mol. The van der Waals surface area contributed by atoms with Gasteiger partial charge in [-0.15, -0.1) is 0 Å². The molecular weight excluding hydrogens is 192 g/mol. The van der Waals surface area contributed by atoms with Gasteiger partial charge in [-0.25, -0.2) is 0 Å². The highest BCUT2D eigenvalue weighted by Crippen LogP contribution is 2.31. The van der Waals surface area contributed by atoms with Gasteiger partial charge in [-0.2, -0.15) is 0 Å². The minimum Gasteiger partial charge on any atom is -0.466 e. The largest absolute Gasteiger partial charge is 0.466 e. The fourth-order valence-electron chi connectivity index (χ4n) is 2.23. The minimum absolute atomic E-state index is 0.112. The molecule has 1 saturated carbocycles. The quantitative estimate of drug-likeness (QED) is 0.673. The van der Waals surface area contributed by atoms with Crippen molar-refractivity contribution < 1.29 is 14.3 Å². The zero-order valence-corrected chi connectivity index (χ0v) is 9.79. The molecule has 3 unspecified atom stereocenters. The van der Waals surface area contributed by atoms with Gasteiger partial charge in [0.2, 0.25) is 0 Å². The average molecular weight is 212 g/mol. The van der Waals surface area contributed by atoms with Crippen LogP contribution in [0.2, 0.25) is 0 Å². The molecule has 86 valence electrons. The van der Waals surface area contributed by atoms with Crippen LogP contribution in [0.1, 0.15) is 40.0 Å². The SMILES string of the molecule is CCOC(=O)C(C)C1CCCC(C)C1=O. The topological polar surface area (TPSA) is 43.4 Å². The van der Waals surface area contributed by atoms with E-state index in [0.29, 0.717) is 6.61 Å². The summed E-state index contributed by atoms with van der Waals surface area (Å²) >= 11 is 0. The number of ketones is 1. The van der Waals surface area contributed by atoms with Gasteiger partial charge in [0, 0.05) is 11.8 Å². The molecule has 3 nitrogen and oxygen atoms in total. The first kappa shape index (κ1) is 12.2. The summed E-state index contributed by atoms with van der Waals surface area (Å²) in [5.41, 5.74) is 0. The van der Waals surface area contributed by atoms with E-state index in [4.69, 9.17) is 4.74 Å². The normalized spacial score (nSPS) is 28.6. The molecular formula is C12H20O3. The van der Waals surface area contributed by atoms with Crippen molar-refractivity contribution in [1.82, 2.24) is 0 Å². The second-order valence-corrected chi connectivity index (χ2v) is 4.38. The average Bonchev–Trinajstić information content (AvgIpc) is 2.21. The Bertz CT molecular complexity index is 247. The van der Waals surface area contributed by atoms with Gasteiger partial charge in [0.05, 0.1) is 12.5 Å². The minimum atomic E-state index is -0.278. The second kappa shape index (κ2) is 5.29. The summed E-state index contributed by atoms with van der Waals surface area (Å²) in [7, 11) is 0. The maximum atomic E-state index is 11.9. The summed E-state index contributed by atoms with van der Waals surface area (Å²) in [5.74, 6) is -0.277. The van der Waals surface area contributed by atoms with Gasteiger partial charge in [0.1, 0.15) is 5.78 Å². The highest BCUT2D eigenvalue weighted by Gasteiger charge is 2.35. The molecule has 0 heterocycles. The summed E-state index contributed by atoms with van der Waals surface area (Å²) in [4.78, 5) is 23.4. The maximum Gasteiger partial charge on any atom is 0.309 e. The molecule has 15 heavy (non-hydrogen) atoms.